The molecular weight excluding hydrogens is 492 g/mol. The Morgan fingerprint density at radius 3 is 1.79 bits per heavy atom. The standard InChI is InChI=1S/C33H50O6/c1-3-5-7-9-24-11-15-26(16-12-24)32(34)38-28-19-20-30(31(21-28)37-23-29-22-36-29)39-33(35)27-17-13-25(14-18-27)10-8-6-4-2/h19-21,24-27,29H,3-18,22-23H2,1-2H3. The van der Waals surface area contributed by atoms with Crippen LogP contribution in [0.2, 0.25) is 0 Å². The third-order valence-corrected chi connectivity index (χ3v) is 8.96. The third-order valence-electron chi connectivity index (χ3n) is 8.96. The number of hydrogen-bond acceptors (Lipinski definition) is 6. The van der Waals surface area contributed by atoms with Gasteiger partial charge in [-0.15, -0.1) is 0 Å². The number of ether oxygens (including phenoxy) is 4. The Hall–Kier alpha value is -2.08. The van der Waals surface area contributed by atoms with Crippen LogP contribution in [0.4, 0.5) is 0 Å². The van der Waals surface area contributed by atoms with Crippen LogP contribution >= 0.6 is 0 Å². The minimum absolute atomic E-state index is 0.0498. The van der Waals surface area contributed by atoms with Gasteiger partial charge in [0.1, 0.15) is 18.5 Å². The molecule has 6 heteroatoms. The van der Waals surface area contributed by atoms with E-state index in [2.05, 4.69) is 13.8 Å². The average molecular weight is 543 g/mol. The first-order valence-electron chi connectivity index (χ1n) is 15.9. The van der Waals surface area contributed by atoms with Crippen molar-refractivity contribution < 1.29 is 28.5 Å². The molecule has 0 spiro atoms. The molecule has 0 aromatic heterocycles. The molecule has 1 aromatic rings. The number of epoxide rings is 1. The molecule has 3 fully saturated rings. The Morgan fingerprint density at radius 1 is 0.744 bits per heavy atom. The zero-order chi connectivity index (χ0) is 27.5. The molecular formula is C33H50O6. The van der Waals surface area contributed by atoms with Crippen molar-refractivity contribution in [3.8, 4) is 17.2 Å². The van der Waals surface area contributed by atoms with E-state index in [9.17, 15) is 9.59 Å². The van der Waals surface area contributed by atoms with E-state index >= 15 is 0 Å². The Bertz CT molecular complexity index is 893. The van der Waals surface area contributed by atoms with Crippen molar-refractivity contribution in [3.05, 3.63) is 18.2 Å². The second kappa shape index (κ2) is 15.6. The summed E-state index contributed by atoms with van der Waals surface area (Å²) in [5, 5.41) is 0. The van der Waals surface area contributed by atoms with Gasteiger partial charge in [0.05, 0.1) is 18.4 Å². The summed E-state index contributed by atoms with van der Waals surface area (Å²) < 4.78 is 22.9. The highest BCUT2D eigenvalue weighted by Gasteiger charge is 2.30. The van der Waals surface area contributed by atoms with E-state index in [1.165, 1.54) is 51.4 Å². The fourth-order valence-electron chi connectivity index (χ4n) is 6.23. The molecule has 2 saturated carbocycles. The summed E-state index contributed by atoms with van der Waals surface area (Å²) in [6.07, 6.45) is 18.3. The average Bonchev–Trinajstić information content (AvgIpc) is 3.79. The minimum Gasteiger partial charge on any atom is -0.487 e. The van der Waals surface area contributed by atoms with Crippen LogP contribution in [0, 0.1) is 23.7 Å². The minimum atomic E-state index is -0.185. The first-order chi connectivity index (χ1) is 19.1. The van der Waals surface area contributed by atoms with Crippen molar-refractivity contribution in [2.24, 2.45) is 23.7 Å². The molecule has 0 amide bonds. The number of carbonyl (C=O) groups is 2. The number of unbranched alkanes of at least 4 members (excludes halogenated alkanes) is 4. The van der Waals surface area contributed by atoms with Crippen LogP contribution in [0.25, 0.3) is 0 Å². The van der Waals surface area contributed by atoms with E-state index in [-0.39, 0.29) is 29.9 Å². The fourth-order valence-corrected chi connectivity index (χ4v) is 6.23. The number of rotatable bonds is 15. The van der Waals surface area contributed by atoms with Gasteiger partial charge in [-0.05, 0) is 75.3 Å². The van der Waals surface area contributed by atoms with E-state index < -0.39 is 0 Å². The molecule has 218 valence electrons. The topological polar surface area (TPSA) is 74.4 Å². The van der Waals surface area contributed by atoms with E-state index in [1.54, 1.807) is 18.2 Å². The first-order valence-corrected chi connectivity index (χ1v) is 15.9. The lowest BCUT2D eigenvalue weighted by Crippen LogP contribution is -2.26. The zero-order valence-electron chi connectivity index (χ0n) is 24.3. The number of esters is 2. The maximum Gasteiger partial charge on any atom is 0.314 e. The predicted octanol–water partition coefficient (Wildman–Crippen LogP) is 8.05. The summed E-state index contributed by atoms with van der Waals surface area (Å²) in [4.78, 5) is 26.0. The Kier molecular flexibility index (Phi) is 12.0. The highest BCUT2D eigenvalue weighted by molar-refractivity contribution is 5.77. The van der Waals surface area contributed by atoms with Crippen LogP contribution in [0.15, 0.2) is 18.2 Å². The number of benzene rings is 1. The van der Waals surface area contributed by atoms with Gasteiger partial charge in [0.2, 0.25) is 0 Å². The molecule has 0 N–H and O–H groups in total. The van der Waals surface area contributed by atoms with Crippen molar-refractivity contribution in [1.82, 2.24) is 0 Å². The summed E-state index contributed by atoms with van der Waals surface area (Å²) in [5.41, 5.74) is 0. The molecule has 1 aromatic carbocycles. The smallest absolute Gasteiger partial charge is 0.314 e. The fraction of sp³-hybridized carbons (Fsp3) is 0.758. The van der Waals surface area contributed by atoms with Crippen LogP contribution in [0.5, 0.6) is 17.2 Å². The molecule has 0 radical (unpaired) electrons. The lowest BCUT2D eigenvalue weighted by atomic mass is 9.80. The largest absolute Gasteiger partial charge is 0.487 e. The normalized spacial score (nSPS) is 26.6. The van der Waals surface area contributed by atoms with Gasteiger partial charge < -0.3 is 18.9 Å². The molecule has 39 heavy (non-hydrogen) atoms. The molecule has 2 aliphatic carbocycles. The first kappa shape index (κ1) is 29.9. The van der Waals surface area contributed by atoms with Crippen molar-refractivity contribution in [3.63, 3.8) is 0 Å². The van der Waals surface area contributed by atoms with E-state index in [0.29, 0.717) is 30.5 Å². The SMILES string of the molecule is CCCCCC1CCC(C(=O)Oc2ccc(OC(=O)C3CCC(CCCCC)CC3)c(OCC3CO3)c2)CC1. The van der Waals surface area contributed by atoms with Gasteiger partial charge in [-0.25, -0.2) is 0 Å². The molecule has 1 saturated heterocycles. The molecule has 1 unspecified atom stereocenters. The molecule has 4 rings (SSSR count). The second-order valence-electron chi connectivity index (χ2n) is 12.1. The number of hydrogen-bond donors (Lipinski definition) is 0. The monoisotopic (exact) mass is 542 g/mol. The highest BCUT2D eigenvalue weighted by Crippen LogP contribution is 2.37. The molecule has 1 aliphatic heterocycles. The van der Waals surface area contributed by atoms with Crippen LogP contribution < -0.4 is 14.2 Å². The van der Waals surface area contributed by atoms with Crippen molar-refractivity contribution in [1.29, 1.82) is 0 Å². The van der Waals surface area contributed by atoms with Crippen molar-refractivity contribution >= 4 is 11.9 Å². The van der Waals surface area contributed by atoms with Crippen molar-refractivity contribution in [2.75, 3.05) is 13.2 Å². The van der Waals surface area contributed by atoms with Gasteiger partial charge in [-0.1, -0.05) is 65.2 Å². The van der Waals surface area contributed by atoms with Gasteiger partial charge in [-0.3, -0.25) is 9.59 Å². The van der Waals surface area contributed by atoms with Gasteiger partial charge >= 0.3 is 11.9 Å². The Balaban J connectivity index is 1.29. The maximum absolute atomic E-state index is 13.0. The second-order valence-corrected chi connectivity index (χ2v) is 12.1. The molecule has 1 atom stereocenters. The van der Waals surface area contributed by atoms with Crippen LogP contribution in [0.1, 0.15) is 117 Å². The molecule has 0 bridgehead atoms. The summed E-state index contributed by atoms with van der Waals surface area (Å²) in [6, 6.07) is 5.09. The number of carbonyl (C=O) groups excluding carboxylic acids is 2. The van der Waals surface area contributed by atoms with E-state index in [1.807, 2.05) is 0 Å². The third kappa shape index (κ3) is 9.81. The predicted molar refractivity (Wildman–Crippen MR) is 152 cm³/mol. The maximum atomic E-state index is 13.0. The van der Waals surface area contributed by atoms with Gasteiger partial charge in [0.15, 0.2) is 11.5 Å². The Morgan fingerprint density at radius 2 is 1.28 bits per heavy atom. The zero-order valence-corrected chi connectivity index (χ0v) is 24.3. The Labute approximate surface area is 235 Å². The van der Waals surface area contributed by atoms with E-state index in [4.69, 9.17) is 18.9 Å². The quantitative estimate of drug-likeness (QED) is 0.0966. The van der Waals surface area contributed by atoms with Crippen LogP contribution in [-0.4, -0.2) is 31.3 Å². The summed E-state index contributed by atoms with van der Waals surface area (Å²) in [7, 11) is 0. The van der Waals surface area contributed by atoms with Gasteiger partial charge in [0.25, 0.3) is 0 Å². The van der Waals surface area contributed by atoms with Crippen LogP contribution in [-0.2, 0) is 14.3 Å². The molecule has 6 nitrogen and oxygen atoms in total. The van der Waals surface area contributed by atoms with Gasteiger partial charge in [0, 0.05) is 6.07 Å². The molecule has 1 heterocycles. The highest BCUT2D eigenvalue weighted by atomic mass is 16.6. The molecule has 3 aliphatic rings. The van der Waals surface area contributed by atoms with E-state index in [0.717, 1.165) is 63.2 Å². The van der Waals surface area contributed by atoms with Crippen LogP contribution in [0.3, 0.4) is 0 Å². The lowest BCUT2D eigenvalue weighted by Gasteiger charge is -2.27. The summed E-state index contributed by atoms with van der Waals surface area (Å²) in [6.45, 7) is 5.53. The lowest BCUT2D eigenvalue weighted by molar-refractivity contribution is -0.141. The summed E-state index contributed by atoms with van der Waals surface area (Å²) >= 11 is 0. The van der Waals surface area contributed by atoms with Gasteiger partial charge in [-0.2, -0.15) is 0 Å². The van der Waals surface area contributed by atoms with Crippen molar-refractivity contribution in [2.45, 2.75) is 123 Å². The summed E-state index contributed by atoms with van der Waals surface area (Å²) in [5.74, 6) is 2.26.